The molecule has 2 N–H and O–H groups in total. The number of nitrogens with one attached hydrogen (secondary N) is 2. The van der Waals surface area contributed by atoms with Crippen molar-refractivity contribution >= 4 is 29.9 Å². The number of hydrogen-bond donors (Lipinski definition) is 2. The summed E-state index contributed by atoms with van der Waals surface area (Å²) in [5.74, 6) is 0.888. The van der Waals surface area contributed by atoms with Crippen LogP contribution in [0.4, 0.5) is 0 Å². The Bertz CT molecular complexity index is 247. The molecule has 20 heavy (non-hydrogen) atoms. The fourth-order valence-corrected chi connectivity index (χ4v) is 1.98. The molecule has 0 aromatic heterocycles. The van der Waals surface area contributed by atoms with Gasteiger partial charge in [-0.2, -0.15) is 0 Å². The smallest absolute Gasteiger partial charge is 0.190 e. The SMILES string of the molecule is CCCCNC(=NC)NCCCOC1CCOCC1.I. The molecular weight excluding hydrogens is 369 g/mol. The zero-order valence-electron chi connectivity index (χ0n) is 12.8. The first-order valence-electron chi connectivity index (χ1n) is 7.50. The molecule has 0 unspecified atom stereocenters. The van der Waals surface area contributed by atoms with Gasteiger partial charge in [0.1, 0.15) is 0 Å². The zero-order chi connectivity index (χ0) is 13.8. The van der Waals surface area contributed by atoms with Crippen LogP contribution in [0.2, 0.25) is 0 Å². The van der Waals surface area contributed by atoms with Gasteiger partial charge >= 0.3 is 0 Å². The molecule has 1 heterocycles. The molecule has 1 rings (SSSR count). The van der Waals surface area contributed by atoms with Gasteiger partial charge in [0.2, 0.25) is 0 Å². The summed E-state index contributed by atoms with van der Waals surface area (Å²) in [6.45, 7) is 6.56. The van der Waals surface area contributed by atoms with E-state index in [2.05, 4.69) is 22.5 Å². The molecular formula is C14H30IN3O2. The van der Waals surface area contributed by atoms with Crippen LogP contribution in [0, 0.1) is 0 Å². The number of nitrogens with zero attached hydrogens (tertiary/aromatic N) is 1. The van der Waals surface area contributed by atoms with E-state index in [4.69, 9.17) is 9.47 Å². The molecule has 0 atom stereocenters. The second kappa shape index (κ2) is 13.9. The van der Waals surface area contributed by atoms with Crippen LogP contribution in [0.5, 0.6) is 0 Å². The number of guanidine groups is 1. The summed E-state index contributed by atoms with van der Waals surface area (Å²) in [5.41, 5.74) is 0. The number of unbranched alkanes of at least 4 members (excludes halogenated alkanes) is 1. The number of aliphatic imine (C=N–C) groups is 1. The lowest BCUT2D eigenvalue weighted by atomic mass is 10.1. The monoisotopic (exact) mass is 399 g/mol. The number of ether oxygens (including phenoxy) is 2. The first kappa shape index (κ1) is 19.9. The highest BCUT2D eigenvalue weighted by molar-refractivity contribution is 14.0. The van der Waals surface area contributed by atoms with Gasteiger partial charge in [0.15, 0.2) is 5.96 Å². The summed E-state index contributed by atoms with van der Waals surface area (Å²) in [5, 5.41) is 6.59. The normalized spacial score (nSPS) is 16.6. The lowest BCUT2D eigenvalue weighted by Crippen LogP contribution is -2.38. The van der Waals surface area contributed by atoms with Crippen molar-refractivity contribution in [2.45, 2.75) is 45.1 Å². The zero-order valence-corrected chi connectivity index (χ0v) is 15.2. The van der Waals surface area contributed by atoms with Gasteiger partial charge in [0, 0.05) is 40.0 Å². The Kier molecular flexibility index (Phi) is 13.8. The molecule has 6 heteroatoms. The Morgan fingerprint density at radius 2 is 1.85 bits per heavy atom. The van der Waals surface area contributed by atoms with Crippen molar-refractivity contribution in [1.29, 1.82) is 0 Å². The first-order valence-corrected chi connectivity index (χ1v) is 7.50. The minimum atomic E-state index is 0. The minimum absolute atomic E-state index is 0. The Hall–Kier alpha value is -0.0800. The van der Waals surface area contributed by atoms with Gasteiger partial charge in [-0.1, -0.05) is 13.3 Å². The summed E-state index contributed by atoms with van der Waals surface area (Å²) in [4.78, 5) is 4.18. The van der Waals surface area contributed by atoms with Crippen molar-refractivity contribution in [3.05, 3.63) is 0 Å². The van der Waals surface area contributed by atoms with E-state index in [1.54, 1.807) is 7.05 Å². The average Bonchev–Trinajstić information content (AvgIpc) is 2.46. The predicted molar refractivity (Wildman–Crippen MR) is 94.1 cm³/mol. The van der Waals surface area contributed by atoms with Crippen LogP contribution >= 0.6 is 24.0 Å². The Balaban J connectivity index is 0.00000361. The van der Waals surface area contributed by atoms with Gasteiger partial charge in [-0.15, -0.1) is 24.0 Å². The summed E-state index contributed by atoms with van der Waals surface area (Å²) in [7, 11) is 1.81. The summed E-state index contributed by atoms with van der Waals surface area (Å²) < 4.78 is 11.1. The Morgan fingerprint density at radius 1 is 1.20 bits per heavy atom. The van der Waals surface area contributed by atoms with Crippen LogP contribution in [0.1, 0.15) is 39.0 Å². The van der Waals surface area contributed by atoms with Crippen molar-refractivity contribution in [3.8, 4) is 0 Å². The Labute approximate surface area is 140 Å². The molecule has 0 aromatic rings. The van der Waals surface area contributed by atoms with Gasteiger partial charge in [-0.3, -0.25) is 4.99 Å². The molecule has 0 aliphatic carbocycles. The van der Waals surface area contributed by atoms with Gasteiger partial charge in [0.05, 0.1) is 6.10 Å². The fraction of sp³-hybridized carbons (Fsp3) is 0.929. The van der Waals surface area contributed by atoms with E-state index in [1.165, 1.54) is 12.8 Å². The first-order chi connectivity index (χ1) is 9.36. The largest absolute Gasteiger partial charge is 0.381 e. The molecule has 0 radical (unpaired) electrons. The van der Waals surface area contributed by atoms with Gasteiger partial charge in [0.25, 0.3) is 0 Å². The number of hydrogen-bond acceptors (Lipinski definition) is 3. The van der Waals surface area contributed by atoms with Gasteiger partial charge in [-0.05, 0) is 25.7 Å². The fourth-order valence-electron chi connectivity index (χ4n) is 1.98. The summed E-state index contributed by atoms with van der Waals surface area (Å²) in [6, 6.07) is 0. The second-order valence-electron chi connectivity index (χ2n) is 4.82. The van der Waals surface area contributed by atoms with Crippen molar-refractivity contribution in [2.24, 2.45) is 4.99 Å². The molecule has 0 bridgehead atoms. The van der Waals surface area contributed by atoms with Crippen molar-refractivity contribution in [3.63, 3.8) is 0 Å². The van der Waals surface area contributed by atoms with E-state index in [9.17, 15) is 0 Å². The van der Waals surface area contributed by atoms with Crippen molar-refractivity contribution in [2.75, 3.05) is 40.0 Å². The molecule has 0 spiro atoms. The van der Waals surface area contributed by atoms with E-state index in [0.717, 1.165) is 58.1 Å². The molecule has 120 valence electrons. The van der Waals surface area contributed by atoms with Gasteiger partial charge in [-0.25, -0.2) is 0 Å². The lowest BCUT2D eigenvalue weighted by Gasteiger charge is -2.22. The van der Waals surface area contributed by atoms with Crippen LogP contribution in [-0.4, -0.2) is 52.0 Å². The standard InChI is InChI=1S/C14H29N3O2.HI/c1-3-4-8-16-14(15-2)17-9-5-10-19-13-6-11-18-12-7-13;/h13H,3-12H2,1-2H3,(H2,15,16,17);1H. The lowest BCUT2D eigenvalue weighted by molar-refractivity contribution is -0.0320. The van der Waals surface area contributed by atoms with Crippen LogP contribution in [0.15, 0.2) is 4.99 Å². The van der Waals surface area contributed by atoms with Gasteiger partial charge < -0.3 is 20.1 Å². The predicted octanol–water partition coefficient (Wildman–Crippen LogP) is 2.16. The molecule has 0 aromatic carbocycles. The third-order valence-electron chi connectivity index (χ3n) is 3.18. The number of halogens is 1. The molecule has 0 amide bonds. The van der Waals surface area contributed by atoms with Crippen LogP contribution in [-0.2, 0) is 9.47 Å². The number of rotatable bonds is 8. The highest BCUT2D eigenvalue weighted by Crippen LogP contribution is 2.10. The average molecular weight is 399 g/mol. The van der Waals surface area contributed by atoms with E-state index in [0.29, 0.717) is 6.10 Å². The third kappa shape index (κ3) is 9.77. The van der Waals surface area contributed by atoms with Crippen LogP contribution < -0.4 is 10.6 Å². The second-order valence-corrected chi connectivity index (χ2v) is 4.82. The van der Waals surface area contributed by atoms with E-state index in [1.807, 2.05) is 0 Å². The molecule has 1 saturated heterocycles. The van der Waals surface area contributed by atoms with Crippen LogP contribution in [0.25, 0.3) is 0 Å². The topological polar surface area (TPSA) is 54.9 Å². The third-order valence-corrected chi connectivity index (χ3v) is 3.18. The molecule has 1 aliphatic heterocycles. The highest BCUT2D eigenvalue weighted by atomic mass is 127. The maximum absolute atomic E-state index is 5.82. The van der Waals surface area contributed by atoms with E-state index < -0.39 is 0 Å². The minimum Gasteiger partial charge on any atom is -0.381 e. The van der Waals surface area contributed by atoms with E-state index in [-0.39, 0.29) is 24.0 Å². The highest BCUT2D eigenvalue weighted by Gasteiger charge is 2.13. The van der Waals surface area contributed by atoms with E-state index >= 15 is 0 Å². The van der Waals surface area contributed by atoms with Crippen molar-refractivity contribution in [1.82, 2.24) is 10.6 Å². The maximum Gasteiger partial charge on any atom is 0.190 e. The van der Waals surface area contributed by atoms with Crippen molar-refractivity contribution < 1.29 is 9.47 Å². The molecule has 5 nitrogen and oxygen atoms in total. The molecule has 1 aliphatic rings. The summed E-state index contributed by atoms with van der Waals surface area (Å²) >= 11 is 0. The Morgan fingerprint density at radius 3 is 2.45 bits per heavy atom. The molecule has 1 fully saturated rings. The summed E-state index contributed by atoms with van der Waals surface area (Å²) in [6.07, 6.45) is 5.85. The quantitative estimate of drug-likeness (QED) is 0.284. The maximum atomic E-state index is 5.82. The van der Waals surface area contributed by atoms with Crippen LogP contribution in [0.3, 0.4) is 0 Å². The molecule has 0 saturated carbocycles.